The zero-order chi connectivity index (χ0) is 13.0. The molecule has 1 N–H and O–H groups in total. The highest BCUT2D eigenvalue weighted by molar-refractivity contribution is 9.10. The quantitative estimate of drug-likeness (QED) is 0.901. The van der Waals surface area contributed by atoms with Crippen LogP contribution in [0.1, 0.15) is 6.92 Å². The Morgan fingerprint density at radius 1 is 1.44 bits per heavy atom. The number of anilines is 1. The van der Waals surface area contributed by atoms with Gasteiger partial charge >= 0.3 is 0 Å². The molecule has 1 heterocycles. The van der Waals surface area contributed by atoms with Crippen molar-refractivity contribution in [2.75, 3.05) is 19.0 Å². The Hall–Kier alpha value is -0.910. The second-order valence-corrected chi connectivity index (χ2v) is 5.73. The van der Waals surface area contributed by atoms with Crippen molar-refractivity contribution in [3.05, 3.63) is 34.1 Å². The molecule has 2 aromatic rings. The van der Waals surface area contributed by atoms with Gasteiger partial charge in [-0.3, -0.25) is 0 Å². The third-order valence-corrected chi connectivity index (χ3v) is 3.91. The standard InChI is InChI=1S/C13H15BrN2OS/c1-9(7-17-2)15-13-16-12(8-18-13)10-5-3-4-6-11(10)14/h3-6,8-9H,7H2,1-2H3,(H,15,16)/t9-/m0/s1. The highest BCUT2D eigenvalue weighted by Gasteiger charge is 2.09. The van der Waals surface area contributed by atoms with E-state index in [-0.39, 0.29) is 6.04 Å². The van der Waals surface area contributed by atoms with E-state index in [1.54, 1.807) is 18.4 Å². The molecule has 3 nitrogen and oxygen atoms in total. The van der Waals surface area contributed by atoms with Crippen molar-refractivity contribution in [1.82, 2.24) is 4.98 Å². The van der Waals surface area contributed by atoms with E-state index in [0.717, 1.165) is 20.9 Å². The molecular weight excluding hydrogens is 312 g/mol. The summed E-state index contributed by atoms with van der Waals surface area (Å²) in [7, 11) is 1.70. The van der Waals surface area contributed by atoms with Gasteiger partial charge in [0.05, 0.1) is 12.3 Å². The Bertz CT molecular complexity index is 515. The Labute approximate surface area is 119 Å². The first-order valence-corrected chi connectivity index (χ1v) is 7.34. The molecule has 0 radical (unpaired) electrons. The predicted octanol–water partition coefficient (Wildman–Crippen LogP) is 4.02. The van der Waals surface area contributed by atoms with Crippen molar-refractivity contribution in [3.63, 3.8) is 0 Å². The largest absolute Gasteiger partial charge is 0.383 e. The zero-order valence-corrected chi connectivity index (χ0v) is 12.7. The van der Waals surface area contributed by atoms with Gasteiger partial charge in [0, 0.05) is 28.6 Å². The summed E-state index contributed by atoms with van der Waals surface area (Å²) in [5, 5.41) is 6.30. The van der Waals surface area contributed by atoms with Crippen LogP contribution in [0.3, 0.4) is 0 Å². The van der Waals surface area contributed by atoms with Crippen molar-refractivity contribution in [2.45, 2.75) is 13.0 Å². The number of hydrogen-bond donors (Lipinski definition) is 1. The molecule has 0 fully saturated rings. The predicted molar refractivity (Wildman–Crippen MR) is 80.2 cm³/mol. The van der Waals surface area contributed by atoms with Crippen LogP contribution in [-0.2, 0) is 4.74 Å². The van der Waals surface area contributed by atoms with Gasteiger partial charge in [0.2, 0.25) is 0 Å². The highest BCUT2D eigenvalue weighted by atomic mass is 79.9. The van der Waals surface area contributed by atoms with Crippen LogP contribution in [0.4, 0.5) is 5.13 Å². The van der Waals surface area contributed by atoms with Gasteiger partial charge in [0.15, 0.2) is 5.13 Å². The summed E-state index contributed by atoms with van der Waals surface area (Å²) in [6.45, 7) is 2.74. The van der Waals surface area contributed by atoms with Crippen molar-refractivity contribution >= 4 is 32.4 Å². The van der Waals surface area contributed by atoms with Gasteiger partial charge in [-0.1, -0.05) is 34.1 Å². The molecule has 2 rings (SSSR count). The SMILES string of the molecule is COC[C@H](C)Nc1nc(-c2ccccc2Br)cs1. The fourth-order valence-corrected chi connectivity index (χ4v) is 2.95. The number of methoxy groups -OCH3 is 1. The number of benzene rings is 1. The van der Waals surface area contributed by atoms with Crippen molar-refractivity contribution in [3.8, 4) is 11.3 Å². The van der Waals surface area contributed by atoms with Crippen LogP contribution in [0.25, 0.3) is 11.3 Å². The maximum absolute atomic E-state index is 5.09. The molecule has 18 heavy (non-hydrogen) atoms. The van der Waals surface area contributed by atoms with Gasteiger partial charge in [-0.05, 0) is 13.0 Å². The monoisotopic (exact) mass is 326 g/mol. The average molecular weight is 327 g/mol. The lowest BCUT2D eigenvalue weighted by Gasteiger charge is -2.10. The Morgan fingerprint density at radius 3 is 2.94 bits per heavy atom. The minimum absolute atomic E-state index is 0.258. The number of aromatic nitrogens is 1. The number of halogens is 1. The summed E-state index contributed by atoms with van der Waals surface area (Å²) in [5.74, 6) is 0. The van der Waals surface area contributed by atoms with E-state index in [1.807, 2.05) is 18.2 Å². The van der Waals surface area contributed by atoms with Gasteiger partial charge < -0.3 is 10.1 Å². The molecule has 0 bridgehead atoms. The van der Waals surface area contributed by atoms with E-state index in [9.17, 15) is 0 Å². The first-order valence-electron chi connectivity index (χ1n) is 5.66. The molecule has 1 aromatic carbocycles. The fraction of sp³-hybridized carbons (Fsp3) is 0.308. The van der Waals surface area contributed by atoms with Crippen LogP contribution in [0, 0.1) is 0 Å². The lowest BCUT2D eigenvalue weighted by molar-refractivity contribution is 0.190. The minimum atomic E-state index is 0.258. The molecule has 0 amide bonds. The van der Waals surface area contributed by atoms with Crippen LogP contribution >= 0.6 is 27.3 Å². The van der Waals surface area contributed by atoms with E-state index in [2.05, 4.69) is 44.6 Å². The maximum atomic E-state index is 5.09. The molecule has 1 aromatic heterocycles. The highest BCUT2D eigenvalue weighted by Crippen LogP contribution is 2.30. The molecule has 0 saturated carbocycles. The topological polar surface area (TPSA) is 34.1 Å². The smallest absolute Gasteiger partial charge is 0.183 e. The Kier molecular flexibility index (Phi) is 4.74. The van der Waals surface area contributed by atoms with Crippen LogP contribution in [0.5, 0.6) is 0 Å². The van der Waals surface area contributed by atoms with E-state index in [0.29, 0.717) is 6.61 Å². The number of rotatable bonds is 5. The van der Waals surface area contributed by atoms with Gasteiger partial charge in [-0.15, -0.1) is 11.3 Å². The number of ether oxygens (including phenoxy) is 1. The van der Waals surface area contributed by atoms with E-state index < -0.39 is 0 Å². The second kappa shape index (κ2) is 6.31. The molecule has 96 valence electrons. The number of thiazole rings is 1. The number of nitrogens with one attached hydrogen (secondary N) is 1. The summed E-state index contributed by atoms with van der Waals surface area (Å²) in [6.07, 6.45) is 0. The van der Waals surface area contributed by atoms with Crippen LogP contribution in [0.15, 0.2) is 34.1 Å². The maximum Gasteiger partial charge on any atom is 0.183 e. The van der Waals surface area contributed by atoms with Crippen LogP contribution in [0.2, 0.25) is 0 Å². The lowest BCUT2D eigenvalue weighted by Crippen LogP contribution is -2.20. The fourth-order valence-electron chi connectivity index (χ4n) is 1.64. The van der Waals surface area contributed by atoms with Gasteiger partial charge in [0.1, 0.15) is 0 Å². The lowest BCUT2D eigenvalue weighted by atomic mass is 10.2. The molecule has 0 aliphatic rings. The summed E-state index contributed by atoms with van der Waals surface area (Å²) < 4.78 is 6.16. The molecule has 0 unspecified atom stereocenters. The third kappa shape index (κ3) is 3.31. The number of nitrogens with zero attached hydrogens (tertiary/aromatic N) is 1. The molecule has 0 saturated heterocycles. The van der Waals surface area contributed by atoms with Crippen molar-refractivity contribution in [1.29, 1.82) is 0 Å². The Balaban J connectivity index is 2.13. The van der Waals surface area contributed by atoms with Crippen LogP contribution < -0.4 is 5.32 Å². The normalized spacial score (nSPS) is 12.4. The molecule has 0 aliphatic carbocycles. The van der Waals surface area contributed by atoms with Gasteiger partial charge in [-0.25, -0.2) is 4.98 Å². The molecule has 0 spiro atoms. The Morgan fingerprint density at radius 2 is 2.22 bits per heavy atom. The van der Waals surface area contributed by atoms with Gasteiger partial charge in [0.25, 0.3) is 0 Å². The van der Waals surface area contributed by atoms with Crippen molar-refractivity contribution < 1.29 is 4.74 Å². The summed E-state index contributed by atoms with van der Waals surface area (Å²) >= 11 is 5.15. The molecule has 1 atom stereocenters. The summed E-state index contributed by atoms with van der Waals surface area (Å²) in [5.41, 5.74) is 2.10. The molecule has 5 heteroatoms. The van der Waals surface area contributed by atoms with E-state index in [4.69, 9.17) is 4.74 Å². The molecular formula is C13H15BrN2OS. The van der Waals surface area contributed by atoms with Gasteiger partial charge in [-0.2, -0.15) is 0 Å². The summed E-state index contributed by atoms with van der Waals surface area (Å²) in [6, 6.07) is 8.35. The first-order chi connectivity index (χ1) is 8.70. The second-order valence-electron chi connectivity index (χ2n) is 4.02. The van der Waals surface area contributed by atoms with E-state index in [1.165, 1.54) is 0 Å². The average Bonchev–Trinajstić information content (AvgIpc) is 2.78. The third-order valence-electron chi connectivity index (χ3n) is 2.44. The zero-order valence-electron chi connectivity index (χ0n) is 10.3. The summed E-state index contributed by atoms with van der Waals surface area (Å²) in [4.78, 5) is 4.59. The van der Waals surface area contributed by atoms with Crippen LogP contribution in [-0.4, -0.2) is 24.7 Å². The minimum Gasteiger partial charge on any atom is -0.383 e. The van der Waals surface area contributed by atoms with Crippen molar-refractivity contribution in [2.24, 2.45) is 0 Å². The first kappa shape index (κ1) is 13.5. The number of hydrogen-bond acceptors (Lipinski definition) is 4. The molecule has 0 aliphatic heterocycles. The van der Waals surface area contributed by atoms with E-state index >= 15 is 0 Å².